The number of hydrogen-bond donors (Lipinski definition) is 2. The Morgan fingerprint density at radius 3 is 2.42 bits per heavy atom. The number of H-pyrrole nitrogens is 1. The number of hydrogen-bond acceptors (Lipinski definition) is 5. The van der Waals surface area contributed by atoms with E-state index in [-0.39, 0.29) is 17.0 Å². The first-order chi connectivity index (χ1) is 16.0. The molecule has 2 heterocycles. The Morgan fingerprint density at radius 2 is 1.79 bits per heavy atom. The smallest absolute Gasteiger partial charge is 0.303 e. The van der Waals surface area contributed by atoms with Gasteiger partial charge in [0.2, 0.25) is 0 Å². The maximum absolute atomic E-state index is 14.5. The van der Waals surface area contributed by atoms with Crippen molar-refractivity contribution < 1.29 is 19.1 Å². The van der Waals surface area contributed by atoms with Crippen LogP contribution in [0, 0.1) is 12.7 Å². The molecule has 0 atom stereocenters. The molecular formula is C25H19FN4O3. The van der Waals surface area contributed by atoms with Gasteiger partial charge in [0.25, 0.3) is 5.78 Å². The lowest BCUT2D eigenvalue weighted by Crippen LogP contribution is -2.24. The zero-order valence-corrected chi connectivity index (χ0v) is 17.6. The Kier molecular flexibility index (Phi) is 6.08. The van der Waals surface area contributed by atoms with Gasteiger partial charge in [-0.25, -0.2) is 9.37 Å². The van der Waals surface area contributed by atoms with E-state index >= 15 is 0 Å². The third-order valence-electron chi connectivity index (χ3n) is 5.00. The van der Waals surface area contributed by atoms with Crippen molar-refractivity contribution in [2.45, 2.75) is 6.92 Å². The van der Waals surface area contributed by atoms with Gasteiger partial charge in [-0.15, -0.1) is 0 Å². The van der Waals surface area contributed by atoms with Crippen LogP contribution in [-0.4, -0.2) is 36.5 Å². The number of carbonyl (C=O) groups excluding carboxylic acids is 2. The van der Waals surface area contributed by atoms with Gasteiger partial charge >= 0.3 is 5.91 Å². The Labute approximate surface area is 188 Å². The van der Waals surface area contributed by atoms with Crippen LogP contribution in [0.15, 0.2) is 85.0 Å². The lowest BCUT2D eigenvalue weighted by molar-refractivity contribution is -0.112. The Morgan fingerprint density at radius 1 is 1.06 bits per heavy atom. The van der Waals surface area contributed by atoms with Gasteiger partial charge < -0.3 is 5.11 Å². The molecule has 0 aliphatic heterocycles. The van der Waals surface area contributed by atoms with E-state index in [1.54, 1.807) is 61.5 Å². The average molecular weight is 442 g/mol. The number of rotatable bonds is 6. The van der Waals surface area contributed by atoms with E-state index < -0.39 is 23.3 Å². The lowest BCUT2D eigenvalue weighted by atomic mass is 9.90. The number of carbonyl (C=O) groups is 2. The van der Waals surface area contributed by atoms with E-state index in [1.807, 2.05) is 6.07 Å². The van der Waals surface area contributed by atoms with Gasteiger partial charge in [-0.1, -0.05) is 42.5 Å². The van der Waals surface area contributed by atoms with Crippen molar-refractivity contribution in [2.75, 3.05) is 0 Å². The third kappa shape index (κ3) is 4.54. The first-order valence-electron chi connectivity index (χ1n) is 10.0. The Balaban J connectivity index is 1.98. The van der Waals surface area contributed by atoms with E-state index in [0.717, 1.165) is 10.9 Å². The molecule has 0 saturated heterocycles. The van der Waals surface area contributed by atoms with Crippen LogP contribution in [0.3, 0.4) is 0 Å². The SMILES string of the molecule is Cc1ccc(C(=Cc2ccccc2)C(C(=O)C(=O)n2cccc2)=C(O)c2ncn[nH]2)cc1F. The molecule has 4 rings (SSSR count). The summed E-state index contributed by atoms with van der Waals surface area (Å²) in [6, 6.07) is 16.6. The standard InChI is InChI=1S/C25H19FN4O3/c1-16-9-10-18(14-20(16)26)19(13-17-7-3-2-4-8-17)21(22(31)24-27-15-28-29-24)23(32)25(33)30-11-5-6-12-30/h2-15,31H,1H3,(H,27,28,29). The maximum atomic E-state index is 14.5. The summed E-state index contributed by atoms with van der Waals surface area (Å²) in [5.74, 6) is -3.07. The highest BCUT2D eigenvalue weighted by molar-refractivity contribution is 6.48. The summed E-state index contributed by atoms with van der Waals surface area (Å²) in [6.07, 6.45) is 5.62. The predicted molar refractivity (Wildman–Crippen MR) is 121 cm³/mol. The molecule has 0 amide bonds. The van der Waals surface area contributed by atoms with Gasteiger partial charge in [0.15, 0.2) is 11.6 Å². The number of aromatic amines is 1. The van der Waals surface area contributed by atoms with Crippen molar-refractivity contribution in [2.24, 2.45) is 0 Å². The second kappa shape index (κ2) is 9.27. The summed E-state index contributed by atoms with van der Waals surface area (Å²) < 4.78 is 15.6. The largest absolute Gasteiger partial charge is 0.504 e. The van der Waals surface area contributed by atoms with Gasteiger partial charge in [0, 0.05) is 12.4 Å². The molecule has 2 aromatic heterocycles. The molecule has 0 unspecified atom stereocenters. The number of halogens is 1. The van der Waals surface area contributed by atoms with Gasteiger partial charge in [-0.2, -0.15) is 5.10 Å². The molecular weight excluding hydrogens is 423 g/mol. The number of aliphatic hydroxyl groups excluding tert-OH is 1. The van der Waals surface area contributed by atoms with Gasteiger partial charge in [0.1, 0.15) is 12.1 Å². The van der Waals surface area contributed by atoms with Gasteiger partial charge in [-0.05, 0) is 53.5 Å². The normalized spacial score (nSPS) is 12.4. The minimum atomic E-state index is -0.997. The molecule has 0 spiro atoms. The van der Waals surface area contributed by atoms with E-state index in [0.29, 0.717) is 16.7 Å². The van der Waals surface area contributed by atoms with Crippen LogP contribution in [0.1, 0.15) is 27.3 Å². The fourth-order valence-corrected chi connectivity index (χ4v) is 3.27. The Bertz CT molecular complexity index is 1360. The number of aliphatic hydroxyl groups is 1. The number of aryl methyl sites for hydroxylation is 1. The molecule has 33 heavy (non-hydrogen) atoms. The molecule has 0 fully saturated rings. The van der Waals surface area contributed by atoms with Crippen LogP contribution < -0.4 is 0 Å². The molecule has 0 aliphatic rings. The zero-order valence-electron chi connectivity index (χ0n) is 17.6. The zero-order chi connectivity index (χ0) is 23.4. The van der Waals surface area contributed by atoms with Crippen molar-refractivity contribution in [1.82, 2.24) is 19.7 Å². The molecule has 2 N–H and O–H groups in total. The van der Waals surface area contributed by atoms with Crippen LogP contribution >= 0.6 is 0 Å². The number of allylic oxidation sites excluding steroid dienone is 2. The van der Waals surface area contributed by atoms with Crippen LogP contribution in [0.2, 0.25) is 0 Å². The molecule has 164 valence electrons. The van der Waals surface area contributed by atoms with E-state index in [1.165, 1.54) is 18.5 Å². The average Bonchev–Trinajstić information content (AvgIpc) is 3.55. The minimum Gasteiger partial charge on any atom is -0.504 e. The van der Waals surface area contributed by atoms with Crippen molar-refractivity contribution in [3.05, 3.63) is 113 Å². The molecule has 0 aliphatic carbocycles. The third-order valence-corrected chi connectivity index (χ3v) is 5.00. The fourth-order valence-electron chi connectivity index (χ4n) is 3.27. The number of nitrogens with one attached hydrogen (secondary N) is 1. The number of benzene rings is 2. The highest BCUT2D eigenvalue weighted by Gasteiger charge is 2.29. The molecule has 0 bridgehead atoms. The van der Waals surface area contributed by atoms with Crippen molar-refractivity contribution >= 4 is 29.1 Å². The highest BCUT2D eigenvalue weighted by Crippen LogP contribution is 2.32. The highest BCUT2D eigenvalue weighted by atomic mass is 19.1. The van der Waals surface area contributed by atoms with Crippen LogP contribution in [-0.2, 0) is 4.79 Å². The van der Waals surface area contributed by atoms with E-state index in [2.05, 4.69) is 15.2 Å². The first kappa shape index (κ1) is 21.6. The summed E-state index contributed by atoms with van der Waals surface area (Å²) in [4.78, 5) is 30.3. The summed E-state index contributed by atoms with van der Waals surface area (Å²) in [6.45, 7) is 1.61. The fraction of sp³-hybridized carbons (Fsp3) is 0.0400. The molecule has 2 aromatic carbocycles. The monoisotopic (exact) mass is 442 g/mol. The quantitative estimate of drug-likeness (QED) is 0.151. The number of ketones is 1. The number of Topliss-reactive ketones (excluding diaryl/α,β-unsaturated/α-hetero) is 1. The van der Waals surface area contributed by atoms with E-state index in [9.17, 15) is 19.1 Å². The van der Waals surface area contributed by atoms with E-state index in [4.69, 9.17) is 0 Å². The molecule has 8 heteroatoms. The second-order valence-electron chi connectivity index (χ2n) is 7.21. The second-order valence-corrected chi connectivity index (χ2v) is 7.21. The first-order valence-corrected chi connectivity index (χ1v) is 10.0. The van der Waals surface area contributed by atoms with Gasteiger partial charge in [-0.3, -0.25) is 19.3 Å². The number of nitrogens with zero attached hydrogens (tertiary/aromatic N) is 3. The van der Waals surface area contributed by atoms with Crippen molar-refractivity contribution in [3.63, 3.8) is 0 Å². The van der Waals surface area contributed by atoms with Gasteiger partial charge in [0.05, 0.1) is 5.57 Å². The summed E-state index contributed by atoms with van der Waals surface area (Å²) in [5.41, 5.74) is 1.21. The predicted octanol–water partition coefficient (Wildman–Crippen LogP) is 4.47. The summed E-state index contributed by atoms with van der Waals surface area (Å²) >= 11 is 0. The Hall–Kier alpha value is -4.59. The molecule has 7 nitrogen and oxygen atoms in total. The lowest BCUT2D eigenvalue weighted by Gasteiger charge is -2.15. The van der Waals surface area contributed by atoms with Crippen LogP contribution in [0.4, 0.5) is 4.39 Å². The maximum Gasteiger partial charge on any atom is 0.303 e. The topological polar surface area (TPSA) is 101 Å². The number of aromatic nitrogens is 4. The van der Waals surface area contributed by atoms with Crippen molar-refractivity contribution in [1.29, 1.82) is 0 Å². The summed E-state index contributed by atoms with van der Waals surface area (Å²) in [7, 11) is 0. The van der Waals surface area contributed by atoms with Crippen LogP contribution in [0.5, 0.6) is 0 Å². The molecule has 0 saturated carbocycles. The molecule has 4 aromatic rings. The van der Waals surface area contributed by atoms with Crippen LogP contribution in [0.25, 0.3) is 17.4 Å². The minimum absolute atomic E-state index is 0.106. The summed E-state index contributed by atoms with van der Waals surface area (Å²) in [5, 5.41) is 17.3. The van der Waals surface area contributed by atoms with Crippen molar-refractivity contribution in [3.8, 4) is 0 Å². The molecule has 0 radical (unpaired) electrons.